The molecule has 3 fully saturated rings. The molecule has 6 heteroatoms. The van der Waals surface area contributed by atoms with Gasteiger partial charge in [-0.25, -0.2) is 4.98 Å². The summed E-state index contributed by atoms with van der Waals surface area (Å²) in [6.45, 7) is 5.55. The molecule has 4 heterocycles. The molecule has 1 aromatic heterocycles. The largest absolute Gasteiger partial charge is 0.380 e. The first kappa shape index (κ1) is 14.6. The molecule has 0 aromatic carbocycles. The Morgan fingerprint density at radius 3 is 3.00 bits per heavy atom. The van der Waals surface area contributed by atoms with Gasteiger partial charge in [-0.05, 0) is 26.2 Å². The van der Waals surface area contributed by atoms with Crippen molar-refractivity contribution in [2.24, 2.45) is 0 Å². The molecule has 0 aliphatic carbocycles. The van der Waals surface area contributed by atoms with Crippen LogP contribution in [0.3, 0.4) is 0 Å². The van der Waals surface area contributed by atoms with E-state index in [4.69, 9.17) is 4.74 Å². The number of fused-ring (bicyclic) bond motifs is 1. The second-order valence-corrected chi connectivity index (χ2v) is 7.66. The molecule has 120 valence electrons. The Morgan fingerprint density at radius 2 is 2.27 bits per heavy atom. The van der Waals surface area contributed by atoms with Crippen LogP contribution in [0.25, 0.3) is 0 Å². The third-order valence-electron chi connectivity index (χ3n) is 5.30. The number of carbonyl (C=O) groups is 1. The van der Waals surface area contributed by atoms with Gasteiger partial charge >= 0.3 is 0 Å². The predicted molar refractivity (Wildman–Crippen MR) is 84.8 cm³/mol. The molecule has 1 aromatic rings. The van der Waals surface area contributed by atoms with Gasteiger partial charge < -0.3 is 9.64 Å². The Labute approximate surface area is 135 Å². The van der Waals surface area contributed by atoms with Crippen LogP contribution in [0.2, 0.25) is 0 Å². The van der Waals surface area contributed by atoms with Gasteiger partial charge in [-0.2, -0.15) is 0 Å². The van der Waals surface area contributed by atoms with E-state index in [0.29, 0.717) is 37.0 Å². The van der Waals surface area contributed by atoms with Gasteiger partial charge in [-0.1, -0.05) is 0 Å². The first-order valence-corrected chi connectivity index (χ1v) is 9.14. The molecule has 0 N–H and O–H groups in total. The second kappa shape index (κ2) is 5.91. The lowest BCUT2D eigenvalue weighted by molar-refractivity contribution is -0.138. The van der Waals surface area contributed by atoms with Crippen molar-refractivity contribution >= 4 is 17.2 Å². The highest BCUT2D eigenvalue weighted by atomic mass is 32.1. The van der Waals surface area contributed by atoms with E-state index in [1.807, 2.05) is 6.92 Å². The minimum Gasteiger partial charge on any atom is -0.380 e. The fourth-order valence-electron chi connectivity index (χ4n) is 4.28. The van der Waals surface area contributed by atoms with Crippen molar-refractivity contribution in [3.8, 4) is 0 Å². The number of aromatic nitrogens is 1. The number of hydrogen-bond donors (Lipinski definition) is 0. The van der Waals surface area contributed by atoms with Crippen LogP contribution in [0.1, 0.15) is 36.4 Å². The van der Waals surface area contributed by atoms with Crippen molar-refractivity contribution in [2.45, 2.75) is 57.3 Å². The number of aryl methyl sites for hydroxylation is 1. The van der Waals surface area contributed by atoms with Gasteiger partial charge in [0.25, 0.3) is 0 Å². The van der Waals surface area contributed by atoms with Crippen molar-refractivity contribution in [3.05, 3.63) is 16.1 Å². The number of carbonyl (C=O) groups excluding carboxylic acids is 1. The molecule has 0 unspecified atom stereocenters. The highest BCUT2D eigenvalue weighted by Crippen LogP contribution is 2.35. The van der Waals surface area contributed by atoms with Crippen LogP contribution in [0.4, 0.5) is 0 Å². The highest BCUT2D eigenvalue weighted by molar-refractivity contribution is 7.09. The quantitative estimate of drug-likeness (QED) is 0.852. The minimum atomic E-state index is 0.302. The fourth-order valence-corrected chi connectivity index (χ4v) is 4.88. The summed E-state index contributed by atoms with van der Waals surface area (Å²) in [5.41, 5.74) is 1.04. The van der Waals surface area contributed by atoms with Crippen LogP contribution < -0.4 is 0 Å². The molecule has 3 aliphatic heterocycles. The minimum absolute atomic E-state index is 0.302. The molecule has 22 heavy (non-hydrogen) atoms. The van der Waals surface area contributed by atoms with Crippen molar-refractivity contribution in [2.75, 3.05) is 19.8 Å². The summed E-state index contributed by atoms with van der Waals surface area (Å²) < 4.78 is 5.56. The standard InChI is InChI=1S/C16H23N3O2S/c1-11-17-12(10-22-11)8-19-15-4-6-18(13-5-7-21-9-13)14(15)2-3-16(19)20/h10,13-15H,2-9H2,1H3/t13-,14+,15+/m0/s1. The summed E-state index contributed by atoms with van der Waals surface area (Å²) in [5.74, 6) is 0.302. The number of likely N-dealkylation sites (tertiary alicyclic amines) is 2. The fraction of sp³-hybridized carbons (Fsp3) is 0.750. The molecule has 5 nitrogen and oxygen atoms in total. The van der Waals surface area contributed by atoms with Crippen LogP contribution in [0.15, 0.2) is 5.38 Å². The topological polar surface area (TPSA) is 45.7 Å². The van der Waals surface area contributed by atoms with Gasteiger partial charge in [0.1, 0.15) is 0 Å². The van der Waals surface area contributed by atoms with Gasteiger partial charge in [-0.3, -0.25) is 9.69 Å². The van der Waals surface area contributed by atoms with Crippen molar-refractivity contribution in [1.29, 1.82) is 0 Å². The average Bonchev–Trinajstić information content (AvgIpc) is 3.22. The maximum absolute atomic E-state index is 12.4. The number of thiazole rings is 1. The Kier molecular flexibility index (Phi) is 3.92. The lowest BCUT2D eigenvalue weighted by atomic mass is 9.95. The molecular weight excluding hydrogens is 298 g/mol. The van der Waals surface area contributed by atoms with Crippen LogP contribution in [-0.2, 0) is 16.1 Å². The summed E-state index contributed by atoms with van der Waals surface area (Å²) in [6, 6.07) is 1.44. The first-order chi connectivity index (χ1) is 10.7. The van der Waals surface area contributed by atoms with E-state index in [9.17, 15) is 4.79 Å². The predicted octanol–water partition coefficient (Wildman–Crippen LogP) is 1.81. The zero-order valence-electron chi connectivity index (χ0n) is 13.0. The summed E-state index contributed by atoms with van der Waals surface area (Å²) in [7, 11) is 0. The number of hydrogen-bond acceptors (Lipinski definition) is 5. The molecule has 3 atom stereocenters. The normalized spacial score (nSPS) is 32.7. The van der Waals surface area contributed by atoms with E-state index in [2.05, 4.69) is 20.2 Å². The average molecular weight is 321 g/mol. The van der Waals surface area contributed by atoms with E-state index in [-0.39, 0.29) is 0 Å². The van der Waals surface area contributed by atoms with Crippen molar-refractivity contribution < 1.29 is 9.53 Å². The Balaban J connectivity index is 1.50. The van der Waals surface area contributed by atoms with E-state index in [1.165, 1.54) is 0 Å². The molecule has 0 spiro atoms. The summed E-state index contributed by atoms with van der Waals surface area (Å²) in [6.07, 6.45) is 3.92. The number of piperidine rings is 1. The number of nitrogens with zero attached hydrogens (tertiary/aromatic N) is 3. The second-order valence-electron chi connectivity index (χ2n) is 6.60. The van der Waals surface area contributed by atoms with E-state index in [0.717, 1.165) is 49.7 Å². The van der Waals surface area contributed by atoms with E-state index in [1.54, 1.807) is 11.3 Å². The molecule has 0 saturated carbocycles. The molecule has 0 radical (unpaired) electrons. The summed E-state index contributed by atoms with van der Waals surface area (Å²) in [4.78, 5) is 21.7. The van der Waals surface area contributed by atoms with E-state index < -0.39 is 0 Å². The molecule has 0 bridgehead atoms. The number of rotatable bonds is 3. The van der Waals surface area contributed by atoms with Crippen molar-refractivity contribution in [1.82, 2.24) is 14.8 Å². The molecule has 3 aliphatic rings. The van der Waals surface area contributed by atoms with Crippen LogP contribution >= 0.6 is 11.3 Å². The van der Waals surface area contributed by atoms with Crippen LogP contribution in [-0.4, -0.2) is 58.6 Å². The lowest BCUT2D eigenvalue weighted by Crippen LogP contribution is -2.53. The van der Waals surface area contributed by atoms with Gasteiger partial charge in [0.15, 0.2) is 0 Å². The zero-order chi connectivity index (χ0) is 15.1. The number of amides is 1. The molecule has 4 rings (SSSR count). The van der Waals surface area contributed by atoms with Gasteiger partial charge in [0.05, 0.1) is 23.9 Å². The van der Waals surface area contributed by atoms with Gasteiger partial charge in [0, 0.05) is 43.1 Å². The van der Waals surface area contributed by atoms with Gasteiger partial charge in [-0.15, -0.1) is 11.3 Å². The molecule has 3 saturated heterocycles. The number of ether oxygens (including phenoxy) is 1. The maximum Gasteiger partial charge on any atom is 0.223 e. The smallest absolute Gasteiger partial charge is 0.223 e. The molecule has 1 amide bonds. The Morgan fingerprint density at radius 1 is 1.36 bits per heavy atom. The van der Waals surface area contributed by atoms with E-state index >= 15 is 0 Å². The highest BCUT2D eigenvalue weighted by Gasteiger charge is 2.45. The zero-order valence-corrected chi connectivity index (χ0v) is 13.8. The van der Waals surface area contributed by atoms with Crippen LogP contribution in [0.5, 0.6) is 0 Å². The summed E-state index contributed by atoms with van der Waals surface area (Å²) in [5, 5.41) is 3.16. The third-order valence-corrected chi connectivity index (χ3v) is 6.12. The Hall–Kier alpha value is -0.980. The maximum atomic E-state index is 12.4. The first-order valence-electron chi connectivity index (χ1n) is 8.26. The summed E-state index contributed by atoms with van der Waals surface area (Å²) >= 11 is 1.66. The monoisotopic (exact) mass is 321 g/mol. The molecular formula is C16H23N3O2S. The van der Waals surface area contributed by atoms with Crippen molar-refractivity contribution in [3.63, 3.8) is 0 Å². The SMILES string of the molecule is Cc1nc(CN2C(=O)CC[C@@H]3[C@H]2CCN3[C@H]2CCOC2)cs1. The van der Waals surface area contributed by atoms with Gasteiger partial charge in [0.2, 0.25) is 5.91 Å². The third kappa shape index (κ3) is 2.57. The Bertz CT molecular complexity index is 555. The van der Waals surface area contributed by atoms with Crippen LogP contribution in [0, 0.1) is 6.92 Å². The lowest BCUT2D eigenvalue weighted by Gasteiger charge is -2.41.